The summed E-state index contributed by atoms with van der Waals surface area (Å²) >= 11 is 0. The molecule has 0 aliphatic heterocycles. The van der Waals surface area contributed by atoms with Gasteiger partial charge in [0.25, 0.3) is 0 Å². The Morgan fingerprint density at radius 3 is 2.78 bits per heavy atom. The normalized spacial score (nSPS) is 13.2. The molecule has 0 fully saturated rings. The van der Waals surface area contributed by atoms with Crippen molar-refractivity contribution in [2.45, 2.75) is 26.4 Å². The van der Waals surface area contributed by atoms with Gasteiger partial charge in [0.05, 0.1) is 13.2 Å². The van der Waals surface area contributed by atoms with Gasteiger partial charge in [-0.3, -0.25) is 0 Å². The average Bonchev–Trinajstić information content (AvgIpc) is 2.94. The zero-order chi connectivity index (χ0) is 16.9. The van der Waals surface area contributed by atoms with E-state index in [-0.39, 0.29) is 6.54 Å². The number of ether oxygens (including phenoxy) is 1. The Morgan fingerprint density at radius 1 is 1.35 bits per heavy atom. The number of hydrogen-bond donors (Lipinski definition) is 3. The SMILES string of the molecule is CCOc1cccc(NC(=O)NCC(C)(O)c2ccc(C)o2)c1. The molecule has 124 valence electrons. The number of aryl methyl sites for hydroxylation is 1. The first-order chi connectivity index (χ1) is 10.9. The van der Waals surface area contributed by atoms with Crippen molar-refractivity contribution in [1.29, 1.82) is 0 Å². The second-order valence-electron chi connectivity index (χ2n) is 5.45. The molecule has 0 aliphatic rings. The molecule has 1 aromatic heterocycles. The van der Waals surface area contributed by atoms with Crippen molar-refractivity contribution in [2.24, 2.45) is 0 Å². The third kappa shape index (κ3) is 4.75. The van der Waals surface area contributed by atoms with Gasteiger partial charge in [0.15, 0.2) is 0 Å². The molecule has 1 atom stereocenters. The minimum Gasteiger partial charge on any atom is -0.494 e. The van der Waals surface area contributed by atoms with E-state index in [1.54, 1.807) is 44.2 Å². The number of hydrogen-bond acceptors (Lipinski definition) is 4. The van der Waals surface area contributed by atoms with Gasteiger partial charge in [-0.05, 0) is 45.0 Å². The van der Waals surface area contributed by atoms with Gasteiger partial charge in [-0.25, -0.2) is 4.79 Å². The van der Waals surface area contributed by atoms with Crippen LogP contribution in [0.15, 0.2) is 40.8 Å². The number of anilines is 1. The molecule has 2 aromatic rings. The van der Waals surface area contributed by atoms with Crippen molar-refractivity contribution in [3.05, 3.63) is 47.9 Å². The molecule has 0 aliphatic carbocycles. The van der Waals surface area contributed by atoms with Crippen LogP contribution in [0.4, 0.5) is 10.5 Å². The fourth-order valence-electron chi connectivity index (χ4n) is 2.07. The summed E-state index contributed by atoms with van der Waals surface area (Å²) in [6.07, 6.45) is 0. The summed E-state index contributed by atoms with van der Waals surface area (Å²) in [6.45, 7) is 5.86. The van der Waals surface area contributed by atoms with E-state index in [0.29, 0.717) is 29.6 Å². The number of rotatable bonds is 6. The van der Waals surface area contributed by atoms with Crippen LogP contribution in [0.2, 0.25) is 0 Å². The third-order valence-electron chi connectivity index (χ3n) is 3.27. The van der Waals surface area contributed by atoms with Gasteiger partial charge in [-0.1, -0.05) is 6.07 Å². The number of carbonyl (C=O) groups is 1. The fraction of sp³-hybridized carbons (Fsp3) is 0.353. The molecule has 0 saturated carbocycles. The van der Waals surface area contributed by atoms with E-state index in [9.17, 15) is 9.90 Å². The number of furan rings is 1. The number of carbonyl (C=O) groups excluding carboxylic acids is 1. The average molecular weight is 318 g/mol. The third-order valence-corrected chi connectivity index (χ3v) is 3.27. The Kier molecular flexibility index (Phi) is 5.28. The largest absolute Gasteiger partial charge is 0.494 e. The van der Waals surface area contributed by atoms with Gasteiger partial charge in [-0.2, -0.15) is 0 Å². The van der Waals surface area contributed by atoms with Crippen LogP contribution in [-0.2, 0) is 5.60 Å². The van der Waals surface area contributed by atoms with E-state index in [1.807, 2.05) is 13.0 Å². The molecule has 1 unspecified atom stereocenters. The Balaban J connectivity index is 1.91. The molecule has 6 nitrogen and oxygen atoms in total. The number of amides is 2. The number of aliphatic hydroxyl groups is 1. The lowest BCUT2D eigenvalue weighted by Crippen LogP contribution is -2.40. The van der Waals surface area contributed by atoms with Crippen LogP contribution in [0.5, 0.6) is 5.75 Å². The van der Waals surface area contributed by atoms with Gasteiger partial charge in [0, 0.05) is 11.8 Å². The summed E-state index contributed by atoms with van der Waals surface area (Å²) in [4.78, 5) is 12.0. The number of benzene rings is 1. The molecule has 0 spiro atoms. The van der Waals surface area contributed by atoms with Crippen LogP contribution in [-0.4, -0.2) is 24.3 Å². The Labute approximate surface area is 135 Å². The van der Waals surface area contributed by atoms with E-state index in [2.05, 4.69) is 10.6 Å². The maximum atomic E-state index is 12.0. The lowest BCUT2D eigenvalue weighted by atomic mass is 10.0. The molecular weight excluding hydrogens is 296 g/mol. The predicted molar refractivity (Wildman–Crippen MR) is 87.6 cm³/mol. The Hall–Kier alpha value is -2.47. The molecule has 6 heteroatoms. The second kappa shape index (κ2) is 7.19. The molecule has 3 N–H and O–H groups in total. The van der Waals surface area contributed by atoms with E-state index in [0.717, 1.165) is 0 Å². The predicted octanol–water partition coefficient (Wildman–Crippen LogP) is 3.02. The molecule has 0 radical (unpaired) electrons. The Morgan fingerprint density at radius 2 is 2.13 bits per heavy atom. The van der Waals surface area contributed by atoms with E-state index >= 15 is 0 Å². The highest BCUT2D eigenvalue weighted by molar-refractivity contribution is 5.89. The maximum absolute atomic E-state index is 12.0. The minimum absolute atomic E-state index is 0.0247. The molecule has 0 saturated heterocycles. The van der Waals surface area contributed by atoms with Crippen LogP contribution in [0.25, 0.3) is 0 Å². The smallest absolute Gasteiger partial charge is 0.319 e. The molecule has 2 amide bonds. The molecular formula is C17H22N2O4. The highest BCUT2D eigenvalue weighted by atomic mass is 16.5. The van der Waals surface area contributed by atoms with E-state index < -0.39 is 11.6 Å². The summed E-state index contributed by atoms with van der Waals surface area (Å²) in [6, 6.07) is 10.2. The zero-order valence-electron chi connectivity index (χ0n) is 13.6. The van der Waals surface area contributed by atoms with Crippen LogP contribution < -0.4 is 15.4 Å². The topological polar surface area (TPSA) is 83.7 Å². The van der Waals surface area contributed by atoms with Gasteiger partial charge in [0.2, 0.25) is 0 Å². The molecule has 1 aromatic carbocycles. The minimum atomic E-state index is -1.28. The zero-order valence-corrected chi connectivity index (χ0v) is 13.6. The van der Waals surface area contributed by atoms with Gasteiger partial charge in [-0.15, -0.1) is 0 Å². The number of nitrogens with one attached hydrogen (secondary N) is 2. The van der Waals surface area contributed by atoms with Crippen molar-refractivity contribution in [3.63, 3.8) is 0 Å². The van der Waals surface area contributed by atoms with Crippen molar-refractivity contribution in [3.8, 4) is 5.75 Å². The second-order valence-corrected chi connectivity index (χ2v) is 5.45. The standard InChI is InChI=1S/C17H22N2O4/c1-4-22-14-7-5-6-13(10-14)19-16(20)18-11-17(3,21)15-9-8-12(2)23-15/h5-10,21H,4,11H2,1-3H3,(H2,18,19,20). The van der Waals surface area contributed by atoms with Crippen LogP contribution in [0.3, 0.4) is 0 Å². The van der Waals surface area contributed by atoms with Gasteiger partial charge < -0.3 is 24.9 Å². The van der Waals surface area contributed by atoms with Crippen molar-refractivity contribution >= 4 is 11.7 Å². The van der Waals surface area contributed by atoms with Crippen LogP contribution >= 0.6 is 0 Å². The Bertz CT molecular complexity index is 664. The lowest BCUT2D eigenvalue weighted by Gasteiger charge is -2.21. The van der Waals surface area contributed by atoms with Crippen molar-refractivity contribution in [2.75, 3.05) is 18.5 Å². The van der Waals surface area contributed by atoms with Crippen LogP contribution in [0.1, 0.15) is 25.4 Å². The quantitative estimate of drug-likeness (QED) is 0.764. The lowest BCUT2D eigenvalue weighted by molar-refractivity contribution is 0.0364. The van der Waals surface area contributed by atoms with Crippen LogP contribution in [0, 0.1) is 6.92 Å². The summed E-state index contributed by atoms with van der Waals surface area (Å²) in [5.74, 6) is 1.80. The molecule has 0 bridgehead atoms. The highest BCUT2D eigenvalue weighted by Gasteiger charge is 2.27. The molecule has 1 heterocycles. The first-order valence-corrected chi connectivity index (χ1v) is 7.48. The summed E-state index contributed by atoms with van der Waals surface area (Å²) in [5.41, 5.74) is -0.666. The maximum Gasteiger partial charge on any atom is 0.319 e. The first kappa shape index (κ1) is 16.9. The van der Waals surface area contributed by atoms with E-state index in [1.165, 1.54) is 0 Å². The number of urea groups is 1. The van der Waals surface area contributed by atoms with Gasteiger partial charge in [0.1, 0.15) is 22.9 Å². The van der Waals surface area contributed by atoms with Gasteiger partial charge >= 0.3 is 6.03 Å². The van der Waals surface area contributed by atoms with Crippen molar-refractivity contribution in [1.82, 2.24) is 5.32 Å². The highest BCUT2D eigenvalue weighted by Crippen LogP contribution is 2.22. The summed E-state index contributed by atoms with van der Waals surface area (Å²) in [5, 5.41) is 15.7. The first-order valence-electron chi connectivity index (χ1n) is 7.48. The summed E-state index contributed by atoms with van der Waals surface area (Å²) in [7, 11) is 0. The summed E-state index contributed by atoms with van der Waals surface area (Å²) < 4.78 is 10.8. The molecule has 23 heavy (non-hydrogen) atoms. The van der Waals surface area contributed by atoms with Crippen molar-refractivity contribution < 1.29 is 19.1 Å². The van der Waals surface area contributed by atoms with E-state index in [4.69, 9.17) is 9.15 Å². The monoisotopic (exact) mass is 318 g/mol. The fourth-order valence-corrected chi connectivity index (χ4v) is 2.07. The molecule has 2 rings (SSSR count).